The summed E-state index contributed by atoms with van der Waals surface area (Å²) in [5.74, 6) is 0.436. The SMILES string of the molecule is CC1CCN(C(=O)[C@@H](Cc2c[nH]c3ccccc23)NC(=O)c2ccccc2)CC1. The van der Waals surface area contributed by atoms with Crippen LogP contribution < -0.4 is 5.32 Å². The molecule has 3 aromatic rings. The molecule has 29 heavy (non-hydrogen) atoms. The van der Waals surface area contributed by atoms with Gasteiger partial charge in [-0.15, -0.1) is 0 Å². The third-order valence-electron chi connectivity index (χ3n) is 5.83. The first-order chi connectivity index (χ1) is 14.1. The van der Waals surface area contributed by atoms with E-state index < -0.39 is 6.04 Å². The molecule has 1 fully saturated rings. The lowest BCUT2D eigenvalue weighted by Gasteiger charge is -2.33. The zero-order valence-electron chi connectivity index (χ0n) is 16.7. The molecule has 2 heterocycles. The van der Waals surface area contributed by atoms with Gasteiger partial charge in [0.1, 0.15) is 6.04 Å². The number of hydrogen-bond donors (Lipinski definition) is 2. The molecule has 1 aliphatic heterocycles. The number of H-pyrrole nitrogens is 1. The number of piperidine rings is 1. The highest BCUT2D eigenvalue weighted by atomic mass is 16.2. The number of aromatic amines is 1. The molecule has 1 atom stereocenters. The predicted molar refractivity (Wildman–Crippen MR) is 115 cm³/mol. The summed E-state index contributed by atoms with van der Waals surface area (Å²) in [6.45, 7) is 3.74. The third kappa shape index (κ3) is 4.34. The maximum absolute atomic E-state index is 13.3. The molecule has 2 N–H and O–H groups in total. The minimum atomic E-state index is -0.588. The number of likely N-dealkylation sites (tertiary alicyclic amines) is 1. The second-order valence-corrected chi connectivity index (χ2v) is 7.96. The highest BCUT2D eigenvalue weighted by Crippen LogP contribution is 2.21. The van der Waals surface area contributed by atoms with Crippen molar-refractivity contribution in [3.05, 3.63) is 71.9 Å². The molecule has 2 amide bonds. The highest BCUT2D eigenvalue weighted by molar-refractivity contribution is 5.98. The number of carbonyl (C=O) groups excluding carboxylic acids is 2. The van der Waals surface area contributed by atoms with Crippen LogP contribution in [0.15, 0.2) is 60.8 Å². The molecular formula is C24H27N3O2. The van der Waals surface area contributed by atoms with E-state index in [4.69, 9.17) is 0 Å². The lowest BCUT2D eigenvalue weighted by molar-refractivity contribution is -0.134. The van der Waals surface area contributed by atoms with Gasteiger partial charge in [0.05, 0.1) is 0 Å². The van der Waals surface area contributed by atoms with Crippen LogP contribution in [0.25, 0.3) is 10.9 Å². The molecule has 4 rings (SSSR count). The van der Waals surface area contributed by atoms with Gasteiger partial charge in [-0.25, -0.2) is 0 Å². The van der Waals surface area contributed by atoms with E-state index in [0.717, 1.165) is 42.4 Å². The Morgan fingerprint density at radius 3 is 2.52 bits per heavy atom. The fraction of sp³-hybridized carbons (Fsp3) is 0.333. The van der Waals surface area contributed by atoms with E-state index in [2.05, 4.69) is 17.2 Å². The van der Waals surface area contributed by atoms with E-state index in [1.165, 1.54) is 0 Å². The van der Waals surface area contributed by atoms with Crippen LogP contribution in [-0.2, 0) is 11.2 Å². The van der Waals surface area contributed by atoms with Gasteiger partial charge in [-0.3, -0.25) is 9.59 Å². The summed E-state index contributed by atoms with van der Waals surface area (Å²) in [4.78, 5) is 31.3. The minimum Gasteiger partial charge on any atom is -0.361 e. The molecule has 0 radical (unpaired) electrons. The summed E-state index contributed by atoms with van der Waals surface area (Å²) in [6, 6.07) is 16.5. The first kappa shape index (κ1) is 19.2. The molecule has 0 spiro atoms. The first-order valence-electron chi connectivity index (χ1n) is 10.3. The summed E-state index contributed by atoms with van der Waals surface area (Å²) < 4.78 is 0. The van der Waals surface area contributed by atoms with Crippen LogP contribution in [0, 0.1) is 5.92 Å². The van der Waals surface area contributed by atoms with Crippen molar-refractivity contribution in [1.82, 2.24) is 15.2 Å². The monoisotopic (exact) mass is 389 g/mol. The second-order valence-electron chi connectivity index (χ2n) is 7.96. The van der Waals surface area contributed by atoms with Gasteiger partial charge in [-0.05, 0) is 42.5 Å². The Balaban J connectivity index is 1.57. The Morgan fingerprint density at radius 2 is 1.76 bits per heavy atom. The lowest BCUT2D eigenvalue weighted by Crippen LogP contribution is -2.51. The minimum absolute atomic E-state index is 0.00598. The molecular weight excluding hydrogens is 362 g/mol. The summed E-state index contributed by atoms with van der Waals surface area (Å²) in [7, 11) is 0. The van der Waals surface area contributed by atoms with Crippen molar-refractivity contribution in [1.29, 1.82) is 0 Å². The molecule has 1 aromatic heterocycles. The van der Waals surface area contributed by atoms with Crippen LogP contribution in [0.4, 0.5) is 0 Å². The molecule has 5 heteroatoms. The van der Waals surface area contributed by atoms with E-state index >= 15 is 0 Å². The van der Waals surface area contributed by atoms with E-state index in [1.54, 1.807) is 12.1 Å². The highest BCUT2D eigenvalue weighted by Gasteiger charge is 2.29. The summed E-state index contributed by atoms with van der Waals surface area (Å²) in [5.41, 5.74) is 2.64. The number of nitrogens with one attached hydrogen (secondary N) is 2. The average Bonchev–Trinajstić information content (AvgIpc) is 3.17. The number of fused-ring (bicyclic) bond motifs is 1. The molecule has 1 saturated heterocycles. The van der Waals surface area contributed by atoms with Gasteiger partial charge in [0.25, 0.3) is 5.91 Å². The Hall–Kier alpha value is -3.08. The van der Waals surface area contributed by atoms with Crippen molar-refractivity contribution < 1.29 is 9.59 Å². The van der Waals surface area contributed by atoms with Gasteiger partial charge in [0.2, 0.25) is 5.91 Å². The van der Waals surface area contributed by atoms with Crippen LogP contribution in [0.3, 0.4) is 0 Å². The zero-order valence-corrected chi connectivity index (χ0v) is 16.7. The molecule has 150 valence electrons. The quantitative estimate of drug-likeness (QED) is 0.698. The van der Waals surface area contributed by atoms with Gasteiger partial charge >= 0.3 is 0 Å². The van der Waals surface area contributed by atoms with Crippen molar-refractivity contribution >= 4 is 22.7 Å². The van der Waals surface area contributed by atoms with Gasteiger partial charge in [0.15, 0.2) is 0 Å². The fourth-order valence-corrected chi connectivity index (χ4v) is 4.00. The van der Waals surface area contributed by atoms with Crippen molar-refractivity contribution in [2.45, 2.75) is 32.2 Å². The van der Waals surface area contributed by atoms with Crippen molar-refractivity contribution in [2.24, 2.45) is 5.92 Å². The Labute approximate surface area is 171 Å². The van der Waals surface area contributed by atoms with Crippen molar-refractivity contribution in [2.75, 3.05) is 13.1 Å². The van der Waals surface area contributed by atoms with Crippen molar-refractivity contribution in [3.8, 4) is 0 Å². The molecule has 0 aliphatic carbocycles. The Bertz CT molecular complexity index is 988. The van der Waals surface area contributed by atoms with E-state index in [9.17, 15) is 9.59 Å². The van der Waals surface area contributed by atoms with Crippen LogP contribution >= 0.6 is 0 Å². The lowest BCUT2D eigenvalue weighted by atomic mass is 9.97. The molecule has 1 aliphatic rings. The standard InChI is InChI=1S/C24H27N3O2/c1-17-11-13-27(14-12-17)24(29)22(26-23(28)18-7-3-2-4-8-18)15-19-16-25-21-10-6-5-9-20(19)21/h2-10,16-17,22,25H,11-15H2,1H3,(H,26,28)/t22-/m1/s1. The number of amides is 2. The smallest absolute Gasteiger partial charge is 0.251 e. The molecule has 5 nitrogen and oxygen atoms in total. The number of carbonyl (C=O) groups is 2. The topological polar surface area (TPSA) is 65.2 Å². The summed E-state index contributed by atoms with van der Waals surface area (Å²) >= 11 is 0. The number of nitrogens with zero attached hydrogens (tertiary/aromatic N) is 1. The van der Waals surface area contributed by atoms with Gasteiger partial charge < -0.3 is 15.2 Å². The average molecular weight is 389 g/mol. The normalized spacial score (nSPS) is 16.0. The summed E-state index contributed by atoms with van der Waals surface area (Å²) in [6.07, 6.45) is 4.43. The zero-order chi connectivity index (χ0) is 20.2. The fourth-order valence-electron chi connectivity index (χ4n) is 4.00. The van der Waals surface area contributed by atoms with Crippen LogP contribution in [0.1, 0.15) is 35.7 Å². The summed E-state index contributed by atoms with van der Waals surface area (Å²) in [5, 5.41) is 4.09. The van der Waals surface area contributed by atoms with Crippen molar-refractivity contribution in [3.63, 3.8) is 0 Å². The number of para-hydroxylation sites is 1. The number of rotatable bonds is 5. The molecule has 0 unspecified atom stereocenters. The van der Waals surface area contributed by atoms with E-state index in [-0.39, 0.29) is 11.8 Å². The Morgan fingerprint density at radius 1 is 1.07 bits per heavy atom. The maximum atomic E-state index is 13.3. The van der Waals surface area contributed by atoms with Gasteiger partial charge in [-0.2, -0.15) is 0 Å². The van der Waals surface area contributed by atoms with Crippen LogP contribution in [0.2, 0.25) is 0 Å². The third-order valence-corrected chi connectivity index (χ3v) is 5.83. The maximum Gasteiger partial charge on any atom is 0.251 e. The van der Waals surface area contributed by atoms with Crippen LogP contribution in [-0.4, -0.2) is 40.8 Å². The molecule has 0 bridgehead atoms. The van der Waals surface area contributed by atoms with E-state index in [0.29, 0.717) is 17.9 Å². The number of aromatic nitrogens is 1. The predicted octanol–water partition coefficient (Wildman–Crippen LogP) is 3.77. The largest absolute Gasteiger partial charge is 0.361 e. The molecule has 0 saturated carbocycles. The number of hydrogen-bond acceptors (Lipinski definition) is 2. The van der Waals surface area contributed by atoms with Crippen LogP contribution in [0.5, 0.6) is 0 Å². The Kier molecular flexibility index (Phi) is 5.65. The first-order valence-corrected chi connectivity index (χ1v) is 10.3. The van der Waals surface area contributed by atoms with E-state index in [1.807, 2.05) is 53.6 Å². The van der Waals surface area contributed by atoms with Gasteiger partial charge in [-0.1, -0.05) is 43.3 Å². The van der Waals surface area contributed by atoms with Gasteiger partial charge in [0, 0.05) is 42.2 Å². The number of benzene rings is 2. The molecule has 2 aromatic carbocycles. The second kappa shape index (κ2) is 8.52.